The van der Waals surface area contributed by atoms with Gasteiger partial charge in [0.15, 0.2) is 0 Å². The summed E-state index contributed by atoms with van der Waals surface area (Å²) in [4.78, 5) is 3.89. The second-order valence-electron chi connectivity index (χ2n) is 7.52. The van der Waals surface area contributed by atoms with Crippen LogP contribution in [0, 0.1) is 6.92 Å². The highest BCUT2D eigenvalue weighted by Gasteiger charge is 2.29. The lowest BCUT2D eigenvalue weighted by atomic mass is 10.1. The molecule has 0 radical (unpaired) electrons. The average Bonchev–Trinajstić information content (AvgIpc) is 3.17. The van der Waals surface area contributed by atoms with Crippen molar-refractivity contribution in [3.63, 3.8) is 0 Å². The van der Waals surface area contributed by atoms with E-state index in [0.717, 1.165) is 24.3 Å². The largest absolute Gasteiger partial charge is 0.378 e. The van der Waals surface area contributed by atoms with Crippen LogP contribution in [0.4, 0.5) is 5.69 Å². The fourth-order valence-corrected chi connectivity index (χ4v) is 5.10. The molecule has 6 heteroatoms. The number of quaternary nitrogens is 1. The standard InChI is InChI=1S/C21H29N3O2S/c1-17-8-4-5-9-21(17)27(25,26)22-16-20(24-14-6-7-15-24)18-10-12-19(13-11-18)23(2)3/h4-5,8-13,20,22H,6-7,14-16H2,1-3H3/p+1/t20-/m1/s1. The van der Waals surface area contributed by atoms with Crippen molar-refractivity contribution in [3.05, 3.63) is 59.7 Å². The van der Waals surface area contributed by atoms with Crippen LogP contribution in [-0.4, -0.2) is 42.1 Å². The van der Waals surface area contributed by atoms with E-state index in [1.807, 2.05) is 33.2 Å². The summed E-state index contributed by atoms with van der Waals surface area (Å²) >= 11 is 0. The minimum atomic E-state index is -3.52. The molecule has 1 saturated heterocycles. The van der Waals surface area contributed by atoms with Gasteiger partial charge in [-0.1, -0.05) is 30.3 Å². The number of nitrogens with zero attached hydrogens (tertiary/aromatic N) is 1. The molecule has 2 N–H and O–H groups in total. The summed E-state index contributed by atoms with van der Waals surface area (Å²) in [6.45, 7) is 4.42. The SMILES string of the molecule is Cc1ccccc1S(=O)(=O)NC[C@H](c1ccc(N(C)C)cc1)[NH+]1CCCC1. The van der Waals surface area contributed by atoms with E-state index in [2.05, 4.69) is 33.9 Å². The van der Waals surface area contributed by atoms with Crippen molar-refractivity contribution in [1.82, 2.24) is 4.72 Å². The van der Waals surface area contributed by atoms with Crippen LogP contribution in [0.3, 0.4) is 0 Å². The van der Waals surface area contributed by atoms with Crippen molar-refractivity contribution in [3.8, 4) is 0 Å². The molecule has 0 amide bonds. The van der Waals surface area contributed by atoms with Gasteiger partial charge in [0, 0.05) is 38.2 Å². The monoisotopic (exact) mass is 388 g/mol. The molecule has 1 aliphatic heterocycles. The van der Waals surface area contributed by atoms with Gasteiger partial charge in [-0.25, -0.2) is 13.1 Å². The first-order valence-electron chi connectivity index (χ1n) is 9.55. The Kier molecular flexibility index (Phi) is 6.19. The Morgan fingerprint density at radius 1 is 1.04 bits per heavy atom. The fourth-order valence-electron chi connectivity index (χ4n) is 3.81. The molecule has 2 aromatic carbocycles. The fraction of sp³-hybridized carbons (Fsp3) is 0.429. The number of hydrogen-bond donors (Lipinski definition) is 2. The quantitative estimate of drug-likeness (QED) is 0.760. The first kappa shape index (κ1) is 19.9. The summed E-state index contributed by atoms with van der Waals surface area (Å²) in [5.41, 5.74) is 3.10. The summed E-state index contributed by atoms with van der Waals surface area (Å²) in [7, 11) is 0.528. The van der Waals surface area contributed by atoms with Crippen LogP contribution in [0.2, 0.25) is 0 Å². The Morgan fingerprint density at radius 2 is 1.67 bits per heavy atom. The molecule has 27 heavy (non-hydrogen) atoms. The molecular formula is C21H30N3O2S+. The van der Waals surface area contributed by atoms with Crippen LogP contribution in [0.5, 0.6) is 0 Å². The second kappa shape index (κ2) is 8.42. The van der Waals surface area contributed by atoms with E-state index in [-0.39, 0.29) is 6.04 Å². The molecule has 0 bridgehead atoms. The molecule has 1 aliphatic rings. The molecule has 1 atom stereocenters. The lowest BCUT2D eigenvalue weighted by Crippen LogP contribution is -3.11. The third kappa shape index (κ3) is 4.69. The van der Waals surface area contributed by atoms with E-state index in [4.69, 9.17) is 0 Å². The average molecular weight is 389 g/mol. The first-order valence-corrected chi connectivity index (χ1v) is 11.0. The van der Waals surface area contributed by atoms with Crippen molar-refractivity contribution in [1.29, 1.82) is 0 Å². The van der Waals surface area contributed by atoms with Gasteiger partial charge >= 0.3 is 0 Å². The molecular weight excluding hydrogens is 358 g/mol. The van der Waals surface area contributed by atoms with Crippen LogP contribution in [0.15, 0.2) is 53.4 Å². The molecule has 5 nitrogen and oxygen atoms in total. The Morgan fingerprint density at radius 3 is 2.26 bits per heavy atom. The molecule has 0 aromatic heterocycles. The third-order valence-electron chi connectivity index (χ3n) is 5.41. The van der Waals surface area contributed by atoms with Gasteiger partial charge in [-0.05, 0) is 30.7 Å². The van der Waals surface area contributed by atoms with E-state index in [1.165, 1.54) is 23.3 Å². The maximum absolute atomic E-state index is 12.8. The number of likely N-dealkylation sites (tertiary alicyclic amines) is 1. The van der Waals surface area contributed by atoms with Crippen LogP contribution in [0.25, 0.3) is 0 Å². The highest BCUT2D eigenvalue weighted by atomic mass is 32.2. The summed E-state index contributed by atoms with van der Waals surface area (Å²) in [5, 5.41) is 0. The normalized spacial score (nSPS) is 16.4. The first-order chi connectivity index (χ1) is 12.9. The van der Waals surface area contributed by atoms with E-state index in [0.29, 0.717) is 11.4 Å². The smallest absolute Gasteiger partial charge is 0.241 e. The zero-order valence-electron chi connectivity index (χ0n) is 16.4. The van der Waals surface area contributed by atoms with E-state index in [9.17, 15) is 8.42 Å². The van der Waals surface area contributed by atoms with Gasteiger partial charge in [-0.15, -0.1) is 0 Å². The summed E-state index contributed by atoms with van der Waals surface area (Å²) < 4.78 is 28.5. The van der Waals surface area contributed by atoms with Gasteiger partial charge in [0.25, 0.3) is 0 Å². The van der Waals surface area contributed by atoms with E-state index in [1.54, 1.807) is 12.1 Å². The van der Waals surface area contributed by atoms with E-state index < -0.39 is 10.0 Å². The molecule has 146 valence electrons. The zero-order valence-corrected chi connectivity index (χ0v) is 17.2. The van der Waals surface area contributed by atoms with Gasteiger partial charge in [-0.3, -0.25) is 0 Å². The van der Waals surface area contributed by atoms with Crippen LogP contribution in [0.1, 0.15) is 30.0 Å². The maximum atomic E-state index is 12.8. The number of hydrogen-bond acceptors (Lipinski definition) is 3. The minimum absolute atomic E-state index is 0.127. The number of benzene rings is 2. The van der Waals surface area contributed by atoms with E-state index >= 15 is 0 Å². The number of aryl methyl sites for hydroxylation is 1. The minimum Gasteiger partial charge on any atom is -0.378 e. The molecule has 0 spiro atoms. The van der Waals surface area contributed by atoms with Gasteiger partial charge < -0.3 is 9.80 Å². The Labute approximate surface area is 163 Å². The lowest BCUT2D eigenvalue weighted by molar-refractivity contribution is -0.918. The van der Waals surface area contributed by atoms with Crippen LogP contribution < -0.4 is 14.5 Å². The molecule has 1 fully saturated rings. The van der Waals surface area contributed by atoms with Crippen LogP contribution in [-0.2, 0) is 10.0 Å². The second-order valence-corrected chi connectivity index (χ2v) is 9.26. The summed E-state index contributed by atoms with van der Waals surface area (Å²) in [6.07, 6.45) is 2.40. The predicted octanol–water partition coefficient (Wildman–Crippen LogP) is 1.76. The number of rotatable bonds is 7. The van der Waals surface area contributed by atoms with Gasteiger partial charge in [0.05, 0.1) is 24.5 Å². The Balaban J connectivity index is 1.81. The van der Waals surface area contributed by atoms with Gasteiger partial charge in [0.2, 0.25) is 10.0 Å². The molecule has 1 heterocycles. The number of nitrogens with one attached hydrogen (secondary N) is 2. The van der Waals surface area contributed by atoms with Gasteiger partial charge in [0.1, 0.15) is 6.04 Å². The molecule has 2 aromatic rings. The topological polar surface area (TPSA) is 53.9 Å². The van der Waals surface area contributed by atoms with Crippen molar-refractivity contribution in [2.75, 3.05) is 38.6 Å². The molecule has 0 unspecified atom stereocenters. The van der Waals surface area contributed by atoms with Crippen LogP contribution >= 0.6 is 0 Å². The lowest BCUT2D eigenvalue weighted by Gasteiger charge is -2.26. The van der Waals surface area contributed by atoms with Crippen molar-refractivity contribution in [2.45, 2.75) is 30.7 Å². The summed E-state index contributed by atoms with van der Waals surface area (Å²) in [6, 6.07) is 15.7. The number of sulfonamides is 1. The Bertz CT molecular complexity index is 857. The molecule has 3 rings (SSSR count). The zero-order chi connectivity index (χ0) is 19.4. The summed E-state index contributed by atoms with van der Waals surface area (Å²) in [5.74, 6) is 0. The van der Waals surface area contributed by atoms with Crippen molar-refractivity contribution in [2.24, 2.45) is 0 Å². The third-order valence-corrected chi connectivity index (χ3v) is 6.99. The highest BCUT2D eigenvalue weighted by molar-refractivity contribution is 7.89. The molecule has 0 saturated carbocycles. The van der Waals surface area contributed by atoms with Crippen molar-refractivity contribution >= 4 is 15.7 Å². The maximum Gasteiger partial charge on any atom is 0.241 e. The predicted molar refractivity (Wildman–Crippen MR) is 110 cm³/mol. The Hall–Kier alpha value is -1.89. The highest BCUT2D eigenvalue weighted by Crippen LogP contribution is 2.19. The number of anilines is 1. The van der Waals surface area contributed by atoms with Gasteiger partial charge in [-0.2, -0.15) is 0 Å². The van der Waals surface area contributed by atoms with Crippen molar-refractivity contribution < 1.29 is 13.3 Å². The molecule has 0 aliphatic carbocycles.